The number of rotatable bonds is 6. The van der Waals surface area contributed by atoms with E-state index in [9.17, 15) is 13.5 Å². The molecule has 7 heteroatoms. The van der Waals surface area contributed by atoms with Gasteiger partial charge in [0.15, 0.2) is 0 Å². The lowest BCUT2D eigenvalue weighted by Crippen LogP contribution is -2.26. The van der Waals surface area contributed by atoms with Gasteiger partial charge < -0.3 is 9.67 Å². The van der Waals surface area contributed by atoms with Crippen LogP contribution in [0.5, 0.6) is 0 Å². The predicted molar refractivity (Wildman–Crippen MR) is 79.0 cm³/mol. The summed E-state index contributed by atoms with van der Waals surface area (Å²) in [6, 6.07) is 4.68. The topological polar surface area (TPSA) is 84.2 Å². The maximum atomic E-state index is 12.4. The average Bonchev–Trinajstić information content (AvgIpc) is 2.92. The summed E-state index contributed by atoms with van der Waals surface area (Å²) in [7, 11) is -3.64. The van der Waals surface area contributed by atoms with Gasteiger partial charge in [-0.25, -0.2) is 13.1 Å². The van der Waals surface area contributed by atoms with E-state index in [1.807, 2.05) is 13.0 Å². The van der Waals surface area contributed by atoms with Gasteiger partial charge in [0.1, 0.15) is 0 Å². The van der Waals surface area contributed by atoms with Gasteiger partial charge in [-0.3, -0.25) is 4.98 Å². The van der Waals surface area contributed by atoms with Crippen LogP contribution in [-0.2, 0) is 23.2 Å². The first kappa shape index (κ1) is 15.7. The summed E-state index contributed by atoms with van der Waals surface area (Å²) in [5, 5.41) is 9.24. The molecule has 2 aromatic rings. The van der Waals surface area contributed by atoms with E-state index in [0.29, 0.717) is 12.2 Å². The largest absolute Gasteiger partial charge is 0.390 e. The van der Waals surface area contributed by atoms with Crippen molar-refractivity contribution in [2.45, 2.75) is 37.9 Å². The predicted octanol–water partition coefficient (Wildman–Crippen LogP) is 1.43. The quantitative estimate of drug-likeness (QED) is 0.845. The number of aryl methyl sites for hydroxylation is 1. The van der Waals surface area contributed by atoms with Crippen molar-refractivity contribution in [2.75, 3.05) is 0 Å². The summed E-state index contributed by atoms with van der Waals surface area (Å²) in [6.07, 6.45) is 4.80. The van der Waals surface area contributed by atoms with Crippen molar-refractivity contribution in [3.05, 3.63) is 48.0 Å². The highest BCUT2D eigenvalue weighted by atomic mass is 32.2. The van der Waals surface area contributed by atoms with Crippen LogP contribution in [-0.4, -0.2) is 23.1 Å². The van der Waals surface area contributed by atoms with Crippen molar-refractivity contribution in [1.82, 2.24) is 14.3 Å². The van der Waals surface area contributed by atoms with Crippen molar-refractivity contribution in [2.24, 2.45) is 0 Å². The van der Waals surface area contributed by atoms with E-state index in [2.05, 4.69) is 9.71 Å². The third-order valence-electron chi connectivity index (χ3n) is 3.29. The van der Waals surface area contributed by atoms with Crippen molar-refractivity contribution < 1.29 is 13.5 Å². The van der Waals surface area contributed by atoms with Crippen LogP contribution in [0.25, 0.3) is 0 Å². The maximum Gasteiger partial charge on any atom is 0.242 e. The summed E-state index contributed by atoms with van der Waals surface area (Å²) < 4.78 is 29.1. The molecule has 2 heterocycles. The molecule has 0 aliphatic heterocycles. The molecular weight excluding hydrogens is 290 g/mol. The molecule has 0 fully saturated rings. The van der Waals surface area contributed by atoms with E-state index < -0.39 is 10.0 Å². The molecule has 0 saturated heterocycles. The van der Waals surface area contributed by atoms with Gasteiger partial charge in [-0.15, -0.1) is 0 Å². The Kier molecular flexibility index (Phi) is 4.76. The molecule has 2 rings (SSSR count). The molecule has 0 bridgehead atoms. The van der Waals surface area contributed by atoms with Crippen molar-refractivity contribution in [1.29, 1.82) is 0 Å². The molecule has 2 aromatic heterocycles. The Morgan fingerprint density at radius 2 is 2.24 bits per heavy atom. The number of hydrogen-bond acceptors (Lipinski definition) is 4. The van der Waals surface area contributed by atoms with E-state index in [1.54, 1.807) is 30.0 Å². The molecule has 21 heavy (non-hydrogen) atoms. The van der Waals surface area contributed by atoms with Crippen molar-refractivity contribution in [3.8, 4) is 0 Å². The first-order valence-corrected chi connectivity index (χ1v) is 8.18. The molecule has 114 valence electrons. The van der Waals surface area contributed by atoms with Crippen LogP contribution in [0, 0.1) is 0 Å². The molecule has 0 aromatic carbocycles. The molecule has 0 spiro atoms. The number of pyridine rings is 1. The number of nitrogens with zero attached hydrogens (tertiary/aromatic N) is 2. The van der Waals surface area contributed by atoms with Crippen LogP contribution >= 0.6 is 0 Å². The van der Waals surface area contributed by atoms with Crippen LogP contribution in [0.3, 0.4) is 0 Å². The lowest BCUT2D eigenvalue weighted by molar-refractivity contribution is 0.271. The molecule has 0 aliphatic rings. The van der Waals surface area contributed by atoms with Crippen LogP contribution < -0.4 is 4.72 Å². The average molecular weight is 309 g/mol. The van der Waals surface area contributed by atoms with Crippen LogP contribution in [0.2, 0.25) is 0 Å². The van der Waals surface area contributed by atoms with Crippen LogP contribution in [0.15, 0.2) is 41.7 Å². The highest BCUT2D eigenvalue weighted by Crippen LogP contribution is 2.18. The standard InChI is InChI=1S/C14H19N3O3S/c1-3-17-9-14(7-13(17)10-18)21(19,20)16-11(2)12-5-4-6-15-8-12/h4-9,11,16,18H,3,10H2,1-2H3. The van der Waals surface area contributed by atoms with Gasteiger partial charge in [0.05, 0.1) is 11.5 Å². The second-order valence-electron chi connectivity index (χ2n) is 4.74. The lowest BCUT2D eigenvalue weighted by Gasteiger charge is -2.13. The highest BCUT2D eigenvalue weighted by Gasteiger charge is 2.21. The Hall–Kier alpha value is -1.70. The van der Waals surface area contributed by atoms with Crippen molar-refractivity contribution in [3.63, 3.8) is 0 Å². The molecule has 0 aliphatic carbocycles. The normalized spacial score (nSPS) is 13.3. The fourth-order valence-corrected chi connectivity index (χ4v) is 3.39. The Morgan fingerprint density at radius 3 is 2.76 bits per heavy atom. The summed E-state index contributed by atoms with van der Waals surface area (Å²) in [4.78, 5) is 4.14. The number of aliphatic hydroxyl groups is 1. The Morgan fingerprint density at radius 1 is 1.48 bits per heavy atom. The van der Waals surface area contributed by atoms with Gasteiger partial charge in [-0.2, -0.15) is 0 Å². The van der Waals surface area contributed by atoms with Gasteiger partial charge in [0, 0.05) is 36.9 Å². The number of nitrogens with one attached hydrogen (secondary N) is 1. The van der Waals surface area contributed by atoms with Gasteiger partial charge >= 0.3 is 0 Å². The van der Waals surface area contributed by atoms with E-state index >= 15 is 0 Å². The number of aliphatic hydroxyl groups excluding tert-OH is 1. The first-order valence-electron chi connectivity index (χ1n) is 6.70. The fraction of sp³-hybridized carbons (Fsp3) is 0.357. The molecule has 2 N–H and O–H groups in total. The molecule has 1 atom stereocenters. The summed E-state index contributed by atoms with van der Waals surface area (Å²) in [6.45, 7) is 4.06. The molecular formula is C14H19N3O3S. The van der Waals surface area contributed by atoms with Crippen molar-refractivity contribution >= 4 is 10.0 Å². The molecule has 0 amide bonds. The molecule has 0 radical (unpaired) electrons. The minimum Gasteiger partial charge on any atom is -0.390 e. The first-order chi connectivity index (χ1) is 9.97. The minimum absolute atomic E-state index is 0.157. The van der Waals surface area contributed by atoms with Gasteiger partial charge in [-0.05, 0) is 31.5 Å². The van der Waals surface area contributed by atoms with E-state index in [-0.39, 0.29) is 17.5 Å². The monoisotopic (exact) mass is 309 g/mol. The Labute approximate surface area is 124 Å². The SMILES string of the molecule is CCn1cc(S(=O)(=O)NC(C)c2cccnc2)cc1CO. The van der Waals surface area contributed by atoms with Gasteiger partial charge in [-0.1, -0.05) is 6.07 Å². The minimum atomic E-state index is -3.64. The molecule has 1 unspecified atom stereocenters. The smallest absolute Gasteiger partial charge is 0.242 e. The van der Waals surface area contributed by atoms with Gasteiger partial charge in [0.2, 0.25) is 10.0 Å². The molecule has 6 nitrogen and oxygen atoms in total. The third kappa shape index (κ3) is 3.49. The van der Waals surface area contributed by atoms with E-state index in [4.69, 9.17) is 0 Å². The van der Waals surface area contributed by atoms with E-state index in [0.717, 1.165) is 5.56 Å². The number of sulfonamides is 1. The van der Waals surface area contributed by atoms with Crippen LogP contribution in [0.4, 0.5) is 0 Å². The Bertz CT molecular complexity index is 674. The molecule has 0 saturated carbocycles. The second kappa shape index (κ2) is 6.38. The lowest BCUT2D eigenvalue weighted by atomic mass is 10.2. The summed E-state index contributed by atoms with van der Waals surface area (Å²) in [5.74, 6) is 0. The van der Waals surface area contributed by atoms with E-state index in [1.165, 1.54) is 12.3 Å². The summed E-state index contributed by atoms with van der Waals surface area (Å²) in [5.41, 5.74) is 1.37. The zero-order chi connectivity index (χ0) is 15.5. The highest BCUT2D eigenvalue weighted by molar-refractivity contribution is 7.89. The van der Waals surface area contributed by atoms with Crippen LogP contribution in [0.1, 0.15) is 31.1 Å². The zero-order valence-electron chi connectivity index (χ0n) is 12.0. The fourth-order valence-electron chi connectivity index (χ4n) is 2.10. The number of hydrogen-bond donors (Lipinski definition) is 2. The third-order valence-corrected chi connectivity index (χ3v) is 4.80. The zero-order valence-corrected chi connectivity index (χ0v) is 12.8. The summed E-state index contributed by atoms with van der Waals surface area (Å²) >= 11 is 0. The second-order valence-corrected chi connectivity index (χ2v) is 6.45. The Balaban J connectivity index is 2.24. The maximum absolute atomic E-state index is 12.4. The van der Waals surface area contributed by atoms with Gasteiger partial charge in [0.25, 0.3) is 0 Å². The number of aromatic nitrogens is 2.